The van der Waals surface area contributed by atoms with Crippen LogP contribution >= 0.6 is 23.1 Å². The molecule has 0 radical (unpaired) electrons. The fraction of sp³-hybridized carbons (Fsp3) is 0.231. The van der Waals surface area contributed by atoms with E-state index in [0.29, 0.717) is 11.6 Å². The second kappa shape index (κ2) is 11.7. The lowest BCUT2D eigenvalue weighted by Crippen LogP contribution is -2.10. The van der Waals surface area contributed by atoms with Gasteiger partial charge in [0, 0.05) is 46.5 Å². The topological polar surface area (TPSA) is 72.0 Å². The number of nitrogens with one attached hydrogen (secondary N) is 1. The monoisotopic (exact) mass is 475 g/mol. The van der Waals surface area contributed by atoms with Crippen molar-refractivity contribution in [1.82, 2.24) is 9.97 Å². The van der Waals surface area contributed by atoms with Gasteiger partial charge in [0.05, 0.1) is 5.69 Å². The summed E-state index contributed by atoms with van der Waals surface area (Å²) >= 11 is 2.81. The highest BCUT2D eigenvalue weighted by molar-refractivity contribution is 8.14. The minimum absolute atomic E-state index is 0.0000172. The Bertz CT molecular complexity index is 1220. The van der Waals surface area contributed by atoms with Gasteiger partial charge >= 0.3 is 0 Å². The number of aromatic nitrogens is 2. The molecule has 2 heterocycles. The molecule has 1 N–H and O–H groups in total. The van der Waals surface area contributed by atoms with Crippen LogP contribution in [0.3, 0.4) is 0 Å². The van der Waals surface area contributed by atoms with Gasteiger partial charge in [-0.1, -0.05) is 61.0 Å². The van der Waals surface area contributed by atoms with E-state index in [1.165, 1.54) is 23.1 Å². The number of nitrogens with zero attached hydrogens (tertiary/aromatic N) is 2. The van der Waals surface area contributed by atoms with Crippen LogP contribution < -0.4 is 5.32 Å². The first-order valence-electron chi connectivity index (χ1n) is 11.0. The van der Waals surface area contributed by atoms with Crippen molar-refractivity contribution in [3.05, 3.63) is 77.9 Å². The number of anilines is 1. The second-order valence-electron chi connectivity index (χ2n) is 7.69. The summed E-state index contributed by atoms with van der Waals surface area (Å²) in [6.07, 6.45) is 7.80. The molecule has 0 unspecified atom stereocenters. The Kier molecular flexibility index (Phi) is 8.22. The van der Waals surface area contributed by atoms with Crippen molar-refractivity contribution in [2.45, 2.75) is 32.1 Å². The average molecular weight is 476 g/mol. The minimum atomic E-state index is 0.0000172. The van der Waals surface area contributed by atoms with Crippen LogP contribution in [0.4, 0.5) is 5.13 Å². The summed E-state index contributed by atoms with van der Waals surface area (Å²) in [5.41, 5.74) is 2.65. The maximum Gasteiger partial charge on any atom is 0.226 e. The summed E-state index contributed by atoms with van der Waals surface area (Å²) in [4.78, 5) is 33.2. The van der Waals surface area contributed by atoms with Crippen molar-refractivity contribution in [3.63, 3.8) is 0 Å². The third-order valence-corrected chi connectivity index (χ3v) is 6.98. The molecule has 0 saturated carbocycles. The van der Waals surface area contributed by atoms with Crippen molar-refractivity contribution in [1.29, 1.82) is 0 Å². The number of amides is 1. The van der Waals surface area contributed by atoms with Gasteiger partial charge in [-0.05, 0) is 36.4 Å². The number of carbonyl (C=O) groups is 2. The highest BCUT2D eigenvalue weighted by Crippen LogP contribution is 2.25. The largest absolute Gasteiger partial charge is 0.302 e. The zero-order valence-electron chi connectivity index (χ0n) is 18.2. The van der Waals surface area contributed by atoms with Crippen molar-refractivity contribution in [2.24, 2.45) is 0 Å². The van der Waals surface area contributed by atoms with Gasteiger partial charge in [-0.3, -0.25) is 14.6 Å². The van der Waals surface area contributed by atoms with Crippen molar-refractivity contribution >= 4 is 50.0 Å². The Morgan fingerprint density at radius 3 is 2.67 bits per heavy atom. The van der Waals surface area contributed by atoms with E-state index in [-0.39, 0.29) is 11.0 Å². The number of pyridine rings is 1. The van der Waals surface area contributed by atoms with Crippen LogP contribution in [-0.4, -0.2) is 26.7 Å². The van der Waals surface area contributed by atoms with Crippen LogP contribution in [0, 0.1) is 0 Å². The van der Waals surface area contributed by atoms with Gasteiger partial charge in [0.25, 0.3) is 0 Å². The normalized spacial score (nSPS) is 10.9. The minimum Gasteiger partial charge on any atom is -0.302 e. The first-order valence-corrected chi connectivity index (χ1v) is 12.9. The van der Waals surface area contributed by atoms with Gasteiger partial charge in [-0.2, -0.15) is 0 Å². The maximum atomic E-state index is 12.4. The lowest BCUT2D eigenvalue weighted by atomic mass is 10.1. The van der Waals surface area contributed by atoms with Crippen LogP contribution in [0.25, 0.3) is 22.0 Å². The molecule has 0 saturated heterocycles. The van der Waals surface area contributed by atoms with Gasteiger partial charge in [-0.25, -0.2) is 4.98 Å². The summed E-state index contributed by atoms with van der Waals surface area (Å²) in [7, 11) is 0. The fourth-order valence-electron chi connectivity index (χ4n) is 3.45. The summed E-state index contributed by atoms with van der Waals surface area (Å²) in [6, 6.07) is 17.6. The Morgan fingerprint density at radius 2 is 1.79 bits per heavy atom. The van der Waals surface area contributed by atoms with E-state index >= 15 is 0 Å². The molecule has 5 nitrogen and oxygen atoms in total. The number of hydrogen-bond acceptors (Lipinski definition) is 6. The number of benzene rings is 2. The Balaban J connectivity index is 1.10. The van der Waals surface area contributed by atoms with Crippen molar-refractivity contribution < 1.29 is 9.59 Å². The highest BCUT2D eigenvalue weighted by atomic mass is 32.2. The predicted molar refractivity (Wildman–Crippen MR) is 138 cm³/mol. The molecule has 0 atom stereocenters. The smallest absolute Gasteiger partial charge is 0.226 e. The highest BCUT2D eigenvalue weighted by Gasteiger charge is 2.09. The second-order valence-corrected chi connectivity index (χ2v) is 9.62. The zero-order chi connectivity index (χ0) is 22.9. The average Bonchev–Trinajstić information content (AvgIpc) is 3.32. The van der Waals surface area contributed by atoms with Crippen molar-refractivity contribution in [3.8, 4) is 11.3 Å². The number of thiazole rings is 1. The first kappa shape index (κ1) is 23.1. The zero-order valence-corrected chi connectivity index (χ0v) is 19.8. The van der Waals surface area contributed by atoms with Gasteiger partial charge in [0.1, 0.15) is 0 Å². The molecule has 33 heavy (non-hydrogen) atoms. The molecule has 2 aromatic heterocycles. The summed E-state index contributed by atoms with van der Waals surface area (Å²) in [5.74, 6) is 0.792. The number of unbranched alkanes of at least 4 members (excludes halogenated alkanes) is 3. The molecule has 168 valence electrons. The molecule has 0 fully saturated rings. The van der Waals surface area contributed by atoms with Gasteiger partial charge < -0.3 is 5.32 Å². The maximum absolute atomic E-state index is 12.4. The van der Waals surface area contributed by atoms with Crippen molar-refractivity contribution in [2.75, 3.05) is 11.1 Å². The predicted octanol–water partition coefficient (Wildman–Crippen LogP) is 6.82. The number of rotatable bonds is 10. The van der Waals surface area contributed by atoms with E-state index in [0.717, 1.165) is 59.0 Å². The quantitative estimate of drug-likeness (QED) is 0.255. The number of fused-ring (bicyclic) bond motifs is 1. The van der Waals surface area contributed by atoms with Gasteiger partial charge in [-0.15, -0.1) is 11.3 Å². The Hall–Kier alpha value is -3.03. The van der Waals surface area contributed by atoms with E-state index in [2.05, 4.69) is 15.3 Å². The standard InChI is InChI=1S/C26H25N3O2S2/c30-24(29-26-28-23(18-33-26)19-8-4-3-5-9-19)10-6-1-2-7-15-32-25(31)21-11-12-22-17-27-14-13-20(22)16-21/h3-5,8-9,11-14,16-18H,1-2,6-7,10,15H2,(H,28,29,30). The third kappa shape index (κ3) is 6.73. The van der Waals surface area contributed by atoms with Crippen LogP contribution in [0.1, 0.15) is 42.5 Å². The molecule has 0 aliphatic carbocycles. The van der Waals surface area contributed by atoms with Crippen LogP contribution in [0.5, 0.6) is 0 Å². The molecule has 0 spiro atoms. The number of hydrogen-bond donors (Lipinski definition) is 1. The molecule has 0 aliphatic heterocycles. The summed E-state index contributed by atoms with van der Waals surface area (Å²) in [6.45, 7) is 0. The molecule has 4 rings (SSSR count). The summed E-state index contributed by atoms with van der Waals surface area (Å²) in [5, 5.41) is 7.66. The van der Waals surface area contributed by atoms with Crippen LogP contribution in [-0.2, 0) is 4.79 Å². The molecule has 7 heteroatoms. The number of thioether (sulfide) groups is 1. The lowest BCUT2D eigenvalue weighted by Gasteiger charge is -2.04. The molecule has 2 aromatic carbocycles. The summed E-state index contributed by atoms with van der Waals surface area (Å²) < 4.78 is 0. The molecule has 1 amide bonds. The van der Waals surface area contributed by atoms with E-state index in [4.69, 9.17) is 0 Å². The first-order chi connectivity index (χ1) is 16.2. The number of carbonyl (C=O) groups excluding carboxylic acids is 2. The van der Waals surface area contributed by atoms with Gasteiger partial charge in [0.15, 0.2) is 5.13 Å². The van der Waals surface area contributed by atoms with Gasteiger partial charge in [0.2, 0.25) is 11.0 Å². The SMILES string of the molecule is O=C(CCCCCCSC(=O)c1ccc2cnccc2c1)Nc1nc(-c2ccccc2)cs1. The van der Waals surface area contributed by atoms with E-state index < -0.39 is 0 Å². The lowest BCUT2D eigenvalue weighted by molar-refractivity contribution is -0.116. The Labute approximate surface area is 201 Å². The van der Waals surface area contributed by atoms with Crippen LogP contribution in [0.15, 0.2) is 72.4 Å². The third-order valence-electron chi connectivity index (χ3n) is 5.23. The van der Waals surface area contributed by atoms with E-state index in [9.17, 15) is 9.59 Å². The molecule has 0 bridgehead atoms. The Morgan fingerprint density at radius 1 is 0.939 bits per heavy atom. The molecular weight excluding hydrogens is 450 g/mol. The van der Waals surface area contributed by atoms with Crippen LogP contribution in [0.2, 0.25) is 0 Å². The van der Waals surface area contributed by atoms with E-state index in [1.807, 2.05) is 60.0 Å². The fourth-order valence-corrected chi connectivity index (χ4v) is 5.02. The molecule has 4 aromatic rings. The van der Waals surface area contributed by atoms with E-state index in [1.54, 1.807) is 12.4 Å². The molecular formula is C26H25N3O2S2. The molecule has 0 aliphatic rings.